The third kappa shape index (κ3) is 6.89. The fourth-order valence-electron chi connectivity index (χ4n) is 3.39. The Hall–Kier alpha value is -1.25. The average Bonchev–Trinajstić information content (AvgIpc) is 2.66. The molecule has 1 saturated heterocycles. The highest BCUT2D eigenvalue weighted by atomic mass is 35.5. The van der Waals surface area contributed by atoms with E-state index in [0.29, 0.717) is 19.0 Å². The van der Waals surface area contributed by atoms with Crippen LogP contribution < -0.4 is 5.56 Å². The van der Waals surface area contributed by atoms with Gasteiger partial charge >= 0.3 is 0 Å². The van der Waals surface area contributed by atoms with Gasteiger partial charge in [0.25, 0.3) is 5.56 Å². The molecule has 3 rings (SSSR count). The van der Waals surface area contributed by atoms with Crippen molar-refractivity contribution in [2.24, 2.45) is 5.92 Å². The van der Waals surface area contributed by atoms with Gasteiger partial charge < -0.3 is 4.90 Å². The number of nitrogens with zero attached hydrogens (tertiary/aromatic N) is 4. The molecule has 0 saturated carbocycles. The van der Waals surface area contributed by atoms with E-state index in [0.717, 1.165) is 47.9 Å². The summed E-state index contributed by atoms with van der Waals surface area (Å²) in [6, 6.07) is 9.53. The first kappa shape index (κ1) is 26.8. The molecule has 0 amide bonds. The van der Waals surface area contributed by atoms with Gasteiger partial charge in [-0.2, -0.15) is 5.10 Å². The second kappa shape index (κ2) is 12.0. The molecule has 1 aliphatic rings. The molecule has 0 radical (unpaired) electrons. The molecule has 1 atom stereocenters. The second-order valence-corrected chi connectivity index (χ2v) is 9.37. The lowest BCUT2D eigenvalue weighted by Gasteiger charge is -2.32. The lowest BCUT2D eigenvalue weighted by molar-refractivity contribution is 0.147. The summed E-state index contributed by atoms with van der Waals surface area (Å²) in [6.45, 7) is 9.40. The van der Waals surface area contributed by atoms with Crippen molar-refractivity contribution in [3.63, 3.8) is 0 Å². The van der Waals surface area contributed by atoms with E-state index in [2.05, 4.69) is 35.8 Å². The van der Waals surface area contributed by atoms with E-state index < -0.39 is 10.8 Å². The highest BCUT2D eigenvalue weighted by Crippen LogP contribution is 2.19. The Kier molecular flexibility index (Phi) is 10.7. The SMILES string of the molecule is CC(C)Cn1nc(-c2ccc(S(C)=O)cc2)cc(CN2CCN(C)CC2)c1=O.Cl.Cl. The third-order valence-electron chi connectivity index (χ3n) is 5.06. The molecule has 1 aromatic carbocycles. The monoisotopic (exact) mass is 474 g/mol. The standard InChI is InChI=1S/C21H30N4O2S.2ClH/c1-16(2)14-25-21(26)18(15-24-11-9-23(3)10-12-24)13-20(22-25)17-5-7-19(8-6-17)28(4)27;;/h5-8,13,16H,9-12,14-15H2,1-4H3;2*1H. The summed E-state index contributed by atoms with van der Waals surface area (Å²) >= 11 is 0. The maximum absolute atomic E-state index is 13.0. The summed E-state index contributed by atoms with van der Waals surface area (Å²) in [5.41, 5.74) is 2.52. The number of piperazine rings is 1. The number of rotatable bonds is 6. The Morgan fingerprint density at radius 3 is 2.20 bits per heavy atom. The Bertz CT molecular complexity index is 895. The highest BCUT2D eigenvalue weighted by molar-refractivity contribution is 7.84. The molecule has 9 heteroatoms. The van der Waals surface area contributed by atoms with Crippen molar-refractivity contribution < 1.29 is 4.21 Å². The van der Waals surface area contributed by atoms with Crippen LogP contribution >= 0.6 is 24.8 Å². The molecule has 2 aromatic rings. The number of benzene rings is 1. The predicted molar refractivity (Wildman–Crippen MR) is 128 cm³/mol. The second-order valence-electron chi connectivity index (χ2n) is 7.99. The molecule has 0 spiro atoms. The summed E-state index contributed by atoms with van der Waals surface area (Å²) in [7, 11) is 1.12. The van der Waals surface area contributed by atoms with Crippen LogP contribution in [0, 0.1) is 5.92 Å². The van der Waals surface area contributed by atoms with E-state index in [1.165, 1.54) is 0 Å². The molecule has 1 unspecified atom stereocenters. The number of likely N-dealkylation sites (N-methyl/N-ethyl adjacent to an activating group) is 1. The topological polar surface area (TPSA) is 58.4 Å². The minimum atomic E-state index is -1.01. The third-order valence-corrected chi connectivity index (χ3v) is 5.99. The first-order valence-corrected chi connectivity index (χ1v) is 11.3. The number of hydrogen-bond donors (Lipinski definition) is 0. The van der Waals surface area contributed by atoms with Crippen molar-refractivity contribution in [1.29, 1.82) is 0 Å². The zero-order chi connectivity index (χ0) is 20.3. The zero-order valence-corrected chi connectivity index (χ0v) is 20.5. The van der Waals surface area contributed by atoms with Gasteiger partial charge in [-0.3, -0.25) is 13.9 Å². The summed E-state index contributed by atoms with van der Waals surface area (Å²) in [5, 5.41) is 4.62. The van der Waals surface area contributed by atoms with Crippen LogP contribution in [0.4, 0.5) is 0 Å². The molecule has 0 bridgehead atoms. The zero-order valence-electron chi connectivity index (χ0n) is 18.0. The van der Waals surface area contributed by atoms with Crippen LogP contribution in [0.3, 0.4) is 0 Å². The van der Waals surface area contributed by atoms with Crippen LogP contribution in [0.25, 0.3) is 11.3 Å². The maximum atomic E-state index is 13.0. The normalized spacial score (nSPS) is 16.0. The Morgan fingerprint density at radius 1 is 1.07 bits per heavy atom. The van der Waals surface area contributed by atoms with Crippen molar-refractivity contribution in [2.75, 3.05) is 39.5 Å². The molecule has 1 aromatic heterocycles. The van der Waals surface area contributed by atoms with Crippen LogP contribution in [0.2, 0.25) is 0 Å². The van der Waals surface area contributed by atoms with Gasteiger partial charge in [0, 0.05) is 72.3 Å². The number of halogens is 2. The predicted octanol–water partition coefficient (Wildman–Crippen LogP) is 2.89. The molecule has 2 heterocycles. The summed E-state index contributed by atoms with van der Waals surface area (Å²) in [4.78, 5) is 18.4. The van der Waals surface area contributed by atoms with Gasteiger partial charge in [-0.25, -0.2) is 4.68 Å². The first-order chi connectivity index (χ1) is 13.3. The van der Waals surface area contributed by atoms with E-state index in [1.807, 2.05) is 30.3 Å². The minimum absolute atomic E-state index is 0. The average molecular weight is 475 g/mol. The molecule has 1 aliphatic heterocycles. The van der Waals surface area contributed by atoms with Gasteiger partial charge in [0.05, 0.1) is 5.69 Å². The van der Waals surface area contributed by atoms with E-state index in [9.17, 15) is 9.00 Å². The van der Waals surface area contributed by atoms with Crippen LogP contribution in [0.15, 0.2) is 40.0 Å². The Balaban J connectivity index is 0.00000225. The number of hydrogen-bond acceptors (Lipinski definition) is 5. The van der Waals surface area contributed by atoms with Crippen LogP contribution in [-0.2, 0) is 23.9 Å². The van der Waals surface area contributed by atoms with E-state index in [-0.39, 0.29) is 30.4 Å². The molecule has 30 heavy (non-hydrogen) atoms. The van der Waals surface area contributed by atoms with Crippen molar-refractivity contribution in [2.45, 2.75) is 31.8 Å². The maximum Gasteiger partial charge on any atom is 0.271 e. The van der Waals surface area contributed by atoms with Gasteiger partial charge in [-0.1, -0.05) is 26.0 Å². The van der Waals surface area contributed by atoms with Crippen LogP contribution in [0.1, 0.15) is 19.4 Å². The molecule has 6 nitrogen and oxygen atoms in total. The van der Waals surface area contributed by atoms with Gasteiger partial charge in [-0.15, -0.1) is 24.8 Å². The van der Waals surface area contributed by atoms with Gasteiger partial charge in [0.2, 0.25) is 0 Å². The van der Waals surface area contributed by atoms with Gasteiger partial charge in [0.1, 0.15) is 0 Å². The fraction of sp³-hybridized carbons (Fsp3) is 0.524. The molecular formula is C21H32Cl2N4O2S. The highest BCUT2D eigenvalue weighted by Gasteiger charge is 2.18. The largest absolute Gasteiger partial charge is 0.304 e. The van der Waals surface area contributed by atoms with E-state index in [4.69, 9.17) is 0 Å². The molecular weight excluding hydrogens is 443 g/mol. The van der Waals surface area contributed by atoms with Crippen LogP contribution in [-0.4, -0.2) is 63.3 Å². The molecule has 168 valence electrons. The number of aromatic nitrogens is 2. The Morgan fingerprint density at radius 2 is 1.67 bits per heavy atom. The fourth-order valence-corrected chi connectivity index (χ4v) is 3.90. The molecule has 0 aliphatic carbocycles. The van der Waals surface area contributed by atoms with Crippen molar-refractivity contribution in [3.8, 4) is 11.3 Å². The quantitative estimate of drug-likeness (QED) is 0.643. The summed E-state index contributed by atoms with van der Waals surface area (Å²) < 4.78 is 13.3. The van der Waals surface area contributed by atoms with Crippen molar-refractivity contribution in [1.82, 2.24) is 19.6 Å². The molecule has 1 fully saturated rings. The first-order valence-electron chi connectivity index (χ1n) is 9.79. The summed E-state index contributed by atoms with van der Waals surface area (Å²) in [5.74, 6) is 0.335. The van der Waals surface area contributed by atoms with Gasteiger partial charge in [0.15, 0.2) is 0 Å². The summed E-state index contributed by atoms with van der Waals surface area (Å²) in [6.07, 6.45) is 1.67. The minimum Gasteiger partial charge on any atom is -0.304 e. The Labute approximate surface area is 193 Å². The van der Waals surface area contributed by atoms with Crippen molar-refractivity contribution >= 4 is 35.6 Å². The molecule has 0 N–H and O–H groups in total. The van der Waals surface area contributed by atoms with E-state index >= 15 is 0 Å². The van der Waals surface area contributed by atoms with Crippen molar-refractivity contribution in [3.05, 3.63) is 46.2 Å². The lowest BCUT2D eigenvalue weighted by Crippen LogP contribution is -2.45. The lowest BCUT2D eigenvalue weighted by atomic mass is 10.1. The van der Waals surface area contributed by atoms with Crippen LogP contribution in [0.5, 0.6) is 0 Å². The van der Waals surface area contributed by atoms with E-state index in [1.54, 1.807) is 10.9 Å². The smallest absolute Gasteiger partial charge is 0.271 e. The van der Waals surface area contributed by atoms with Gasteiger partial charge in [-0.05, 0) is 31.2 Å².